The van der Waals surface area contributed by atoms with Crippen LogP contribution >= 0.6 is 0 Å². The van der Waals surface area contributed by atoms with Crippen molar-refractivity contribution in [3.63, 3.8) is 0 Å². The smallest absolute Gasteiger partial charge is 0.335 e. The summed E-state index contributed by atoms with van der Waals surface area (Å²) in [7, 11) is 0. The number of unbranched alkanes of at least 4 members (excludes halogenated alkanes) is 1. The van der Waals surface area contributed by atoms with Crippen LogP contribution in [0.3, 0.4) is 0 Å². The molecule has 76 valence electrons. The summed E-state index contributed by atoms with van der Waals surface area (Å²) in [5.74, 6) is 0.819. The zero-order valence-electron chi connectivity index (χ0n) is 8.58. The van der Waals surface area contributed by atoms with Crippen LogP contribution in [0.1, 0.15) is 31.1 Å². The number of allylic oxidation sites excluding steroid dienone is 1. The maximum Gasteiger partial charge on any atom is 0.335 e. The highest BCUT2D eigenvalue weighted by Gasteiger charge is 2.03. The highest BCUT2D eigenvalue weighted by atomic mass is 16.4. The van der Waals surface area contributed by atoms with E-state index >= 15 is 0 Å². The minimum atomic E-state index is -0.260. The molecule has 0 radical (unpaired) electrons. The lowest BCUT2D eigenvalue weighted by atomic mass is 10.1. The first-order valence-corrected chi connectivity index (χ1v) is 5.00. The van der Waals surface area contributed by atoms with Crippen molar-refractivity contribution in [2.75, 3.05) is 0 Å². The number of rotatable bonds is 5. The highest BCUT2D eigenvalue weighted by Crippen LogP contribution is 2.10. The van der Waals surface area contributed by atoms with E-state index in [-0.39, 0.29) is 5.63 Å². The molecule has 0 saturated heterocycles. The summed E-state index contributed by atoms with van der Waals surface area (Å²) < 4.78 is 5.16. The van der Waals surface area contributed by atoms with Gasteiger partial charge in [-0.25, -0.2) is 4.79 Å². The summed E-state index contributed by atoms with van der Waals surface area (Å²) in [6, 6.07) is 3.30. The molecule has 0 atom stereocenters. The van der Waals surface area contributed by atoms with Gasteiger partial charge in [0.05, 0.1) is 0 Å². The van der Waals surface area contributed by atoms with Gasteiger partial charge in [0.2, 0.25) is 0 Å². The molecule has 0 bridgehead atoms. The maximum atomic E-state index is 11.0. The Balaban J connectivity index is 2.90. The summed E-state index contributed by atoms with van der Waals surface area (Å²) in [6.07, 6.45) is 5.59. The Labute approximate surface area is 84.3 Å². The summed E-state index contributed by atoms with van der Waals surface area (Å²) in [5.41, 5.74) is 0.817. The van der Waals surface area contributed by atoms with Gasteiger partial charge in [-0.05, 0) is 24.5 Å². The molecular weight excluding hydrogens is 176 g/mol. The quantitative estimate of drug-likeness (QED) is 0.671. The maximum absolute atomic E-state index is 11.0. The average Bonchev–Trinajstić information content (AvgIpc) is 2.18. The van der Waals surface area contributed by atoms with Gasteiger partial charge in [-0.2, -0.15) is 0 Å². The minimum absolute atomic E-state index is 0.260. The van der Waals surface area contributed by atoms with Crippen molar-refractivity contribution in [3.8, 4) is 0 Å². The van der Waals surface area contributed by atoms with Crippen molar-refractivity contribution in [1.82, 2.24) is 0 Å². The van der Waals surface area contributed by atoms with E-state index in [0.29, 0.717) is 0 Å². The normalized spacial score (nSPS) is 10.1. The van der Waals surface area contributed by atoms with Gasteiger partial charge in [-0.1, -0.05) is 19.4 Å². The van der Waals surface area contributed by atoms with Gasteiger partial charge in [-0.3, -0.25) is 0 Å². The predicted octanol–water partition coefficient (Wildman–Crippen LogP) is 2.71. The standard InChI is InChI=1S/C12H16O2/c1-3-5-7-11-10(6-4-2)8-9-12(13)14-11/h4,8-9H,2-3,5-7H2,1H3. The van der Waals surface area contributed by atoms with Crippen molar-refractivity contribution in [2.45, 2.75) is 32.6 Å². The van der Waals surface area contributed by atoms with E-state index in [2.05, 4.69) is 13.5 Å². The minimum Gasteiger partial charge on any atom is -0.428 e. The third kappa shape index (κ3) is 2.87. The summed E-state index contributed by atoms with van der Waals surface area (Å²) in [5, 5.41) is 0. The van der Waals surface area contributed by atoms with Gasteiger partial charge in [0.25, 0.3) is 0 Å². The first-order valence-electron chi connectivity index (χ1n) is 5.00. The number of aryl methyl sites for hydroxylation is 1. The van der Waals surface area contributed by atoms with Crippen LogP contribution in [0.5, 0.6) is 0 Å². The fraction of sp³-hybridized carbons (Fsp3) is 0.417. The molecule has 2 nitrogen and oxygen atoms in total. The molecule has 0 spiro atoms. The highest BCUT2D eigenvalue weighted by molar-refractivity contribution is 5.19. The van der Waals surface area contributed by atoms with Crippen LogP contribution in [-0.4, -0.2) is 0 Å². The lowest BCUT2D eigenvalue weighted by Crippen LogP contribution is -2.03. The number of hydrogen-bond acceptors (Lipinski definition) is 2. The molecule has 14 heavy (non-hydrogen) atoms. The van der Waals surface area contributed by atoms with Crippen LogP contribution in [-0.2, 0) is 12.8 Å². The number of hydrogen-bond donors (Lipinski definition) is 0. The van der Waals surface area contributed by atoms with Gasteiger partial charge in [0.15, 0.2) is 0 Å². The first-order chi connectivity index (χ1) is 6.77. The van der Waals surface area contributed by atoms with E-state index in [0.717, 1.165) is 37.0 Å². The first kappa shape index (κ1) is 10.8. The van der Waals surface area contributed by atoms with E-state index in [1.807, 2.05) is 12.1 Å². The average molecular weight is 192 g/mol. The lowest BCUT2D eigenvalue weighted by Gasteiger charge is -2.04. The topological polar surface area (TPSA) is 30.2 Å². The molecule has 0 unspecified atom stereocenters. The van der Waals surface area contributed by atoms with Crippen LogP contribution in [0.4, 0.5) is 0 Å². The van der Waals surface area contributed by atoms with E-state index in [1.54, 1.807) is 0 Å². The molecule has 0 saturated carbocycles. The van der Waals surface area contributed by atoms with Crippen molar-refractivity contribution >= 4 is 0 Å². The Morgan fingerprint density at radius 3 is 2.93 bits per heavy atom. The Bertz CT molecular complexity index is 350. The van der Waals surface area contributed by atoms with E-state index < -0.39 is 0 Å². The van der Waals surface area contributed by atoms with Gasteiger partial charge >= 0.3 is 5.63 Å². The second-order valence-electron chi connectivity index (χ2n) is 3.30. The molecule has 0 aliphatic rings. The fourth-order valence-corrected chi connectivity index (χ4v) is 1.37. The van der Waals surface area contributed by atoms with E-state index in [9.17, 15) is 4.79 Å². The van der Waals surface area contributed by atoms with Crippen molar-refractivity contribution < 1.29 is 4.42 Å². The molecule has 0 aliphatic heterocycles. The zero-order chi connectivity index (χ0) is 10.4. The molecule has 1 rings (SSSR count). The molecule has 1 aromatic heterocycles. The van der Waals surface area contributed by atoms with Crippen LogP contribution in [0, 0.1) is 0 Å². The Hall–Kier alpha value is -1.31. The molecular formula is C12H16O2. The third-order valence-electron chi connectivity index (χ3n) is 2.12. The molecule has 0 N–H and O–H groups in total. The summed E-state index contributed by atoms with van der Waals surface area (Å²) in [6.45, 7) is 5.80. The molecule has 1 aromatic rings. The third-order valence-corrected chi connectivity index (χ3v) is 2.12. The predicted molar refractivity (Wildman–Crippen MR) is 57.5 cm³/mol. The summed E-state index contributed by atoms with van der Waals surface area (Å²) in [4.78, 5) is 11.0. The van der Waals surface area contributed by atoms with Gasteiger partial charge < -0.3 is 4.42 Å². The van der Waals surface area contributed by atoms with Gasteiger partial charge in [0.1, 0.15) is 5.76 Å². The lowest BCUT2D eigenvalue weighted by molar-refractivity contribution is 0.447. The van der Waals surface area contributed by atoms with Crippen molar-refractivity contribution in [2.24, 2.45) is 0 Å². The fourth-order valence-electron chi connectivity index (χ4n) is 1.37. The van der Waals surface area contributed by atoms with Crippen molar-refractivity contribution in [3.05, 3.63) is 46.5 Å². The second-order valence-corrected chi connectivity index (χ2v) is 3.30. The van der Waals surface area contributed by atoms with Crippen LogP contribution in [0.25, 0.3) is 0 Å². The van der Waals surface area contributed by atoms with Gasteiger partial charge in [-0.15, -0.1) is 6.58 Å². The second kappa shape index (κ2) is 5.43. The van der Waals surface area contributed by atoms with Crippen molar-refractivity contribution in [1.29, 1.82) is 0 Å². The molecule has 0 aliphatic carbocycles. The molecule has 2 heteroatoms. The Morgan fingerprint density at radius 1 is 1.50 bits per heavy atom. The molecule has 1 heterocycles. The van der Waals surface area contributed by atoms with Crippen LogP contribution < -0.4 is 5.63 Å². The molecule has 0 fully saturated rings. The van der Waals surface area contributed by atoms with E-state index in [4.69, 9.17) is 4.42 Å². The van der Waals surface area contributed by atoms with E-state index in [1.165, 1.54) is 6.07 Å². The molecule has 0 amide bonds. The summed E-state index contributed by atoms with van der Waals surface area (Å²) >= 11 is 0. The largest absolute Gasteiger partial charge is 0.428 e. The van der Waals surface area contributed by atoms with Gasteiger partial charge in [0, 0.05) is 12.5 Å². The molecule has 0 aromatic carbocycles. The SMILES string of the molecule is C=CCc1ccc(=O)oc1CCCC. The zero-order valence-corrected chi connectivity index (χ0v) is 8.58. The Kier molecular flexibility index (Phi) is 4.17. The van der Waals surface area contributed by atoms with Crippen LogP contribution in [0.15, 0.2) is 34.0 Å². The van der Waals surface area contributed by atoms with Crippen LogP contribution in [0.2, 0.25) is 0 Å². The monoisotopic (exact) mass is 192 g/mol. The Morgan fingerprint density at radius 2 is 2.29 bits per heavy atom.